The summed E-state index contributed by atoms with van der Waals surface area (Å²) in [5, 5.41) is 0. The highest BCUT2D eigenvalue weighted by atomic mass is 19.1. The summed E-state index contributed by atoms with van der Waals surface area (Å²) in [6.45, 7) is 4.67. The molecule has 1 N–H and O–H groups in total. The van der Waals surface area contributed by atoms with E-state index in [0.29, 0.717) is 11.3 Å². The minimum atomic E-state index is -1.09. The number of esters is 2. The van der Waals surface area contributed by atoms with Gasteiger partial charge in [-0.2, -0.15) is 0 Å². The van der Waals surface area contributed by atoms with E-state index in [4.69, 9.17) is 9.47 Å². The van der Waals surface area contributed by atoms with Crippen LogP contribution in [0, 0.1) is 19.7 Å². The number of ketones is 1. The minimum Gasteiger partial charge on any atom is -0.465 e. The molecule has 0 saturated carbocycles. The maximum Gasteiger partial charge on any atom is 0.339 e. The lowest BCUT2D eigenvalue weighted by molar-refractivity contribution is -0.140. The first kappa shape index (κ1) is 20.1. The van der Waals surface area contributed by atoms with Gasteiger partial charge in [-0.1, -0.05) is 18.2 Å². The normalized spacial score (nSPS) is 12.0. The van der Waals surface area contributed by atoms with Crippen LogP contribution >= 0.6 is 0 Å². The highest BCUT2D eigenvalue weighted by Crippen LogP contribution is 2.21. The van der Waals surface area contributed by atoms with E-state index in [1.165, 1.54) is 38.3 Å². The van der Waals surface area contributed by atoms with Crippen molar-refractivity contribution in [1.29, 1.82) is 0 Å². The Morgan fingerprint density at radius 3 is 2.48 bits per heavy atom. The van der Waals surface area contributed by atoms with Crippen LogP contribution in [0.25, 0.3) is 6.08 Å². The first-order valence-corrected chi connectivity index (χ1v) is 8.21. The molecule has 1 unspecified atom stereocenters. The predicted molar refractivity (Wildman–Crippen MR) is 96.9 cm³/mol. The minimum absolute atomic E-state index is 0.172. The van der Waals surface area contributed by atoms with Crippen LogP contribution in [0.2, 0.25) is 0 Å². The van der Waals surface area contributed by atoms with Crippen molar-refractivity contribution in [3.8, 4) is 0 Å². The molecule has 0 saturated heterocycles. The molecule has 27 heavy (non-hydrogen) atoms. The number of rotatable bonds is 6. The second kappa shape index (κ2) is 8.44. The number of ether oxygens (including phenoxy) is 2. The van der Waals surface area contributed by atoms with E-state index in [0.717, 1.165) is 6.08 Å². The highest BCUT2D eigenvalue weighted by Gasteiger charge is 2.26. The van der Waals surface area contributed by atoms with Crippen LogP contribution in [-0.4, -0.2) is 35.9 Å². The number of halogens is 1. The number of aryl methyl sites for hydroxylation is 1. The van der Waals surface area contributed by atoms with Gasteiger partial charge < -0.3 is 14.5 Å². The smallest absolute Gasteiger partial charge is 0.339 e. The topological polar surface area (TPSA) is 85.5 Å². The fourth-order valence-corrected chi connectivity index (χ4v) is 2.64. The van der Waals surface area contributed by atoms with Crippen molar-refractivity contribution < 1.29 is 28.2 Å². The number of carbonyl (C=O) groups is 3. The summed E-state index contributed by atoms with van der Waals surface area (Å²) in [5.41, 5.74) is 1.59. The predicted octanol–water partition coefficient (Wildman–Crippen LogP) is 3.39. The largest absolute Gasteiger partial charge is 0.465 e. The summed E-state index contributed by atoms with van der Waals surface area (Å²) in [6.07, 6.45) is 1.23. The molecule has 142 valence electrons. The van der Waals surface area contributed by atoms with E-state index in [2.05, 4.69) is 4.98 Å². The quantitative estimate of drug-likeness (QED) is 0.477. The van der Waals surface area contributed by atoms with Crippen LogP contribution in [0.15, 0.2) is 30.3 Å². The van der Waals surface area contributed by atoms with Gasteiger partial charge in [-0.05, 0) is 38.5 Å². The molecule has 2 aromatic rings. The molecule has 0 radical (unpaired) electrons. The maximum atomic E-state index is 13.5. The lowest BCUT2D eigenvalue weighted by Crippen LogP contribution is -2.24. The lowest BCUT2D eigenvalue weighted by atomic mass is 10.1. The molecule has 1 aromatic heterocycles. The third kappa shape index (κ3) is 4.49. The monoisotopic (exact) mass is 373 g/mol. The number of carbonyl (C=O) groups excluding carboxylic acids is 3. The van der Waals surface area contributed by atoms with Gasteiger partial charge in [-0.25, -0.2) is 14.0 Å². The molecule has 1 aromatic carbocycles. The van der Waals surface area contributed by atoms with E-state index in [1.54, 1.807) is 19.9 Å². The molecular weight excluding hydrogens is 353 g/mol. The van der Waals surface area contributed by atoms with Gasteiger partial charge in [0.1, 0.15) is 5.82 Å². The fourth-order valence-electron chi connectivity index (χ4n) is 2.64. The molecule has 2 rings (SSSR count). The molecule has 0 aliphatic heterocycles. The number of H-pyrrole nitrogens is 1. The Balaban J connectivity index is 2.11. The zero-order valence-electron chi connectivity index (χ0n) is 15.5. The van der Waals surface area contributed by atoms with Crippen molar-refractivity contribution in [2.24, 2.45) is 0 Å². The second-order valence-electron chi connectivity index (χ2n) is 5.91. The zero-order valence-corrected chi connectivity index (χ0v) is 15.5. The first-order valence-electron chi connectivity index (χ1n) is 8.21. The van der Waals surface area contributed by atoms with E-state index < -0.39 is 29.6 Å². The van der Waals surface area contributed by atoms with Gasteiger partial charge in [0.2, 0.25) is 5.78 Å². The molecule has 0 spiro atoms. The molecule has 0 aliphatic rings. The third-order valence-corrected chi connectivity index (χ3v) is 4.04. The number of hydrogen-bond donors (Lipinski definition) is 1. The van der Waals surface area contributed by atoms with Crippen LogP contribution in [-0.2, 0) is 14.3 Å². The number of aromatic amines is 1. The van der Waals surface area contributed by atoms with E-state index in [-0.39, 0.29) is 16.8 Å². The molecule has 0 fully saturated rings. The number of benzene rings is 1. The number of aromatic nitrogens is 1. The standard InChI is InChI=1S/C20H20FNO5/c1-11-17(20(25)26-4)12(2)22-18(11)19(24)13(3)27-16(23)10-9-14-7-5-6-8-15(14)21/h5-10,13,22H,1-4H3/b10-9+. The highest BCUT2D eigenvalue weighted by molar-refractivity contribution is 6.04. The van der Waals surface area contributed by atoms with Gasteiger partial charge in [0, 0.05) is 17.3 Å². The number of methoxy groups -OCH3 is 1. The van der Waals surface area contributed by atoms with Gasteiger partial charge in [-0.15, -0.1) is 0 Å². The Morgan fingerprint density at radius 1 is 1.19 bits per heavy atom. The van der Waals surface area contributed by atoms with Gasteiger partial charge in [-0.3, -0.25) is 4.79 Å². The Hall–Kier alpha value is -3.22. The first-order chi connectivity index (χ1) is 12.8. The summed E-state index contributed by atoms with van der Waals surface area (Å²) >= 11 is 0. The molecule has 0 aliphatic carbocycles. The molecule has 0 bridgehead atoms. The summed E-state index contributed by atoms with van der Waals surface area (Å²) in [6, 6.07) is 5.95. The molecule has 7 heteroatoms. The van der Waals surface area contributed by atoms with Crippen LogP contribution in [0.3, 0.4) is 0 Å². The van der Waals surface area contributed by atoms with Gasteiger partial charge in [0.05, 0.1) is 18.4 Å². The van der Waals surface area contributed by atoms with E-state index in [1.807, 2.05) is 0 Å². The van der Waals surface area contributed by atoms with Crippen molar-refractivity contribution in [3.05, 3.63) is 64.2 Å². The van der Waals surface area contributed by atoms with Crippen molar-refractivity contribution >= 4 is 23.8 Å². The Kier molecular flexibility index (Phi) is 6.28. The number of Topliss-reactive ketones (excluding diaryl/α,β-unsaturated/α-hetero) is 1. The van der Waals surface area contributed by atoms with Crippen LogP contribution in [0.1, 0.15) is 44.6 Å². The maximum absolute atomic E-state index is 13.5. The van der Waals surface area contributed by atoms with Gasteiger partial charge in [0.15, 0.2) is 6.10 Å². The molecule has 0 amide bonds. The number of hydrogen-bond acceptors (Lipinski definition) is 5. The SMILES string of the molecule is COC(=O)c1c(C)[nH]c(C(=O)C(C)OC(=O)/C=C/c2ccccc2F)c1C. The summed E-state index contributed by atoms with van der Waals surface area (Å²) < 4.78 is 23.3. The average Bonchev–Trinajstić information content (AvgIpc) is 2.94. The van der Waals surface area contributed by atoms with Crippen LogP contribution < -0.4 is 0 Å². The molecular formula is C20H20FNO5. The summed E-state index contributed by atoms with van der Waals surface area (Å²) in [5.74, 6) is -2.30. The van der Waals surface area contributed by atoms with Crippen molar-refractivity contribution in [2.45, 2.75) is 26.9 Å². The Bertz CT molecular complexity index is 913. The molecule has 1 atom stereocenters. The molecule has 6 nitrogen and oxygen atoms in total. The van der Waals surface area contributed by atoms with E-state index >= 15 is 0 Å². The molecule has 1 heterocycles. The average molecular weight is 373 g/mol. The summed E-state index contributed by atoms with van der Waals surface area (Å²) in [7, 11) is 1.25. The third-order valence-electron chi connectivity index (χ3n) is 4.04. The lowest BCUT2D eigenvalue weighted by Gasteiger charge is -2.10. The zero-order chi connectivity index (χ0) is 20.1. The second-order valence-corrected chi connectivity index (χ2v) is 5.91. The van der Waals surface area contributed by atoms with Crippen molar-refractivity contribution in [2.75, 3.05) is 7.11 Å². The van der Waals surface area contributed by atoms with E-state index in [9.17, 15) is 18.8 Å². The van der Waals surface area contributed by atoms with Crippen LogP contribution in [0.4, 0.5) is 4.39 Å². The Morgan fingerprint density at radius 2 is 1.85 bits per heavy atom. The van der Waals surface area contributed by atoms with Crippen molar-refractivity contribution in [1.82, 2.24) is 4.98 Å². The fraction of sp³-hybridized carbons (Fsp3) is 0.250. The van der Waals surface area contributed by atoms with Gasteiger partial charge in [0.25, 0.3) is 0 Å². The van der Waals surface area contributed by atoms with Gasteiger partial charge >= 0.3 is 11.9 Å². The Labute approximate surface area is 156 Å². The summed E-state index contributed by atoms with van der Waals surface area (Å²) in [4.78, 5) is 39.1. The number of nitrogens with one attached hydrogen (secondary N) is 1. The van der Waals surface area contributed by atoms with Crippen molar-refractivity contribution in [3.63, 3.8) is 0 Å². The van der Waals surface area contributed by atoms with Crippen LogP contribution in [0.5, 0.6) is 0 Å².